The average molecular weight is 349 g/mol. The van der Waals surface area contributed by atoms with Crippen LogP contribution in [-0.2, 0) is 10.0 Å². The topological polar surface area (TPSA) is 40.6 Å². The molecule has 7 heteroatoms. The van der Waals surface area contributed by atoms with Gasteiger partial charge >= 0.3 is 0 Å². The molecule has 1 aliphatic rings. The third-order valence-corrected chi connectivity index (χ3v) is 6.80. The van der Waals surface area contributed by atoms with Crippen LogP contribution in [0.25, 0.3) is 0 Å². The van der Waals surface area contributed by atoms with Crippen LogP contribution in [0.1, 0.15) is 6.42 Å². The Bertz CT molecular complexity index is 561. The zero-order valence-corrected chi connectivity index (χ0v) is 14.7. The van der Waals surface area contributed by atoms with Crippen LogP contribution >= 0.6 is 23.4 Å². The Morgan fingerprint density at radius 3 is 2.62 bits per heavy atom. The lowest BCUT2D eigenvalue weighted by Gasteiger charge is -2.30. The Labute approximate surface area is 136 Å². The summed E-state index contributed by atoms with van der Waals surface area (Å²) in [5, 5.41) is 0.546. The van der Waals surface area contributed by atoms with E-state index in [-0.39, 0.29) is 6.04 Å². The van der Waals surface area contributed by atoms with Gasteiger partial charge in [-0.25, -0.2) is 8.42 Å². The minimum atomic E-state index is -3.46. The molecule has 0 aromatic heterocycles. The van der Waals surface area contributed by atoms with Crippen LogP contribution in [0.3, 0.4) is 0 Å². The lowest BCUT2D eigenvalue weighted by atomic mass is 10.3. The average Bonchev–Trinajstić information content (AvgIpc) is 2.64. The van der Waals surface area contributed by atoms with Crippen LogP contribution in [0.2, 0.25) is 5.02 Å². The molecule has 1 aromatic rings. The molecule has 0 saturated carbocycles. The third-order valence-electron chi connectivity index (χ3n) is 3.38. The molecule has 1 atom stereocenters. The van der Waals surface area contributed by atoms with Crippen LogP contribution in [0.15, 0.2) is 29.2 Å². The van der Waals surface area contributed by atoms with Gasteiger partial charge in [-0.1, -0.05) is 11.6 Å². The first-order valence-corrected chi connectivity index (χ1v) is 9.88. The van der Waals surface area contributed by atoms with Crippen LogP contribution < -0.4 is 0 Å². The van der Waals surface area contributed by atoms with Crippen LogP contribution in [-0.4, -0.2) is 62.4 Å². The molecule has 0 N–H and O–H groups in total. The molecule has 4 nitrogen and oxygen atoms in total. The van der Waals surface area contributed by atoms with E-state index in [0.29, 0.717) is 16.5 Å². The summed E-state index contributed by atoms with van der Waals surface area (Å²) in [6.45, 7) is 1.32. The first kappa shape index (κ1) is 17.1. The highest BCUT2D eigenvalue weighted by molar-refractivity contribution is 7.99. The maximum absolute atomic E-state index is 12.9. The van der Waals surface area contributed by atoms with Crippen LogP contribution in [0.4, 0.5) is 0 Å². The van der Waals surface area contributed by atoms with Gasteiger partial charge in [0.05, 0.1) is 4.90 Å². The molecule has 1 unspecified atom stereocenters. The molecule has 1 aliphatic heterocycles. The van der Waals surface area contributed by atoms with Gasteiger partial charge in [-0.3, -0.25) is 0 Å². The second-order valence-electron chi connectivity index (χ2n) is 5.41. The van der Waals surface area contributed by atoms with E-state index in [1.54, 1.807) is 28.6 Å². The summed E-state index contributed by atoms with van der Waals surface area (Å²) in [6, 6.07) is 6.43. The SMILES string of the molecule is CN(C)CC1CSCCCN1S(=O)(=O)c1ccc(Cl)cc1. The summed E-state index contributed by atoms with van der Waals surface area (Å²) in [4.78, 5) is 2.36. The van der Waals surface area contributed by atoms with Crippen molar-refractivity contribution in [2.45, 2.75) is 17.4 Å². The van der Waals surface area contributed by atoms with Gasteiger partial charge in [0, 0.05) is 29.9 Å². The van der Waals surface area contributed by atoms with Crippen molar-refractivity contribution in [2.24, 2.45) is 0 Å². The van der Waals surface area contributed by atoms with Gasteiger partial charge in [0.25, 0.3) is 0 Å². The molecule has 1 fully saturated rings. The lowest BCUT2D eigenvalue weighted by molar-refractivity contribution is 0.271. The number of likely N-dealkylation sites (N-methyl/N-ethyl adjacent to an activating group) is 1. The van der Waals surface area contributed by atoms with E-state index in [2.05, 4.69) is 0 Å². The van der Waals surface area contributed by atoms with E-state index < -0.39 is 10.0 Å². The number of thioether (sulfide) groups is 1. The number of hydrogen-bond donors (Lipinski definition) is 0. The minimum absolute atomic E-state index is 0.00757. The Kier molecular flexibility index (Phi) is 5.96. The van der Waals surface area contributed by atoms with Gasteiger partial charge in [-0.2, -0.15) is 16.1 Å². The maximum Gasteiger partial charge on any atom is 0.243 e. The van der Waals surface area contributed by atoms with Gasteiger partial charge in [-0.05, 0) is 50.5 Å². The minimum Gasteiger partial charge on any atom is -0.308 e. The van der Waals surface area contributed by atoms with E-state index in [0.717, 1.165) is 24.5 Å². The van der Waals surface area contributed by atoms with Gasteiger partial charge in [0.2, 0.25) is 10.0 Å². The number of benzene rings is 1. The first-order chi connectivity index (χ1) is 9.91. The summed E-state index contributed by atoms with van der Waals surface area (Å²) in [7, 11) is 0.487. The fraction of sp³-hybridized carbons (Fsp3) is 0.571. The standard InChI is InChI=1S/C14H21ClN2O2S2/c1-16(2)10-13-11-20-9-3-8-17(13)21(18,19)14-6-4-12(15)5-7-14/h4-7,13H,3,8-11H2,1-2H3. The fourth-order valence-electron chi connectivity index (χ4n) is 2.43. The number of halogens is 1. The third kappa shape index (κ3) is 4.36. The predicted molar refractivity (Wildman–Crippen MR) is 89.6 cm³/mol. The van der Waals surface area contributed by atoms with Crippen LogP contribution in [0, 0.1) is 0 Å². The van der Waals surface area contributed by atoms with Gasteiger partial charge in [0.15, 0.2) is 0 Å². The highest BCUT2D eigenvalue weighted by Crippen LogP contribution is 2.25. The second kappa shape index (κ2) is 7.33. The van der Waals surface area contributed by atoms with Crippen molar-refractivity contribution < 1.29 is 8.42 Å². The van der Waals surface area contributed by atoms with Crippen molar-refractivity contribution in [2.75, 3.05) is 38.7 Å². The Morgan fingerprint density at radius 1 is 1.33 bits per heavy atom. The number of nitrogens with zero attached hydrogens (tertiary/aromatic N) is 2. The Balaban J connectivity index is 2.31. The highest BCUT2D eigenvalue weighted by atomic mass is 35.5. The van der Waals surface area contributed by atoms with Crippen molar-refractivity contribution >= 4 is 33.4 Å². The first-order valence-electron chi connectivity index (χ1n) is 6.91. The largest absolute Gasteiger partial charge is 0.308 e. The molecular weight excluding hydrogens is 328 g/mol. The van der Waals surface area contributed by atoms with E-state index in [1.165, 1.54) is 0 Å². The van der Waals surface area contributed by atoms with Crippen molar-refractivity contribution in [3.05, 3.63) is 29.3 Å². The number of rotatable bonds is 4. The number of hydrogen-bond acceptors (Lipinski definition) is 4. The molecule has 1 aromatic carbocycles. The maximum atomic E-state index is 12.9. The van der Waals surface area contributed by atoms with E-state index >= 15 is 0 Å². The molecule has 0 radical (unpaired) electrons. The molecule has 0 aliphatic carbocycles. The molecule has 1 heterocycles. The van der Waals surface area contributed by atoms with Crippen molar-refractivity contribution in [3.8, 4) is 0 Å². The van der Waals surface area contributed by atoms with Crippen LogP contribution in [0.5, 0.6) is 0 Å². The quantitative estimate of drug-likeness (QED) is 0.837. The number of sulfonamides is 1. The smallest absolute Gasteiger partial charge is 0.243 e. The Morgan fingerprint density at radius 2 is 2.00 bits per heavy atom. The zero-order chi connectivity index (χ0) is 15.5. The molecule has 2 rings (SSSR count). The van der Waals surface area contributed by atoms with Crippen molar-refractivity contribution in [3.63, 3.8) is 0 Å². The molecular formula is C14H21ClN2O2S2. The second-order valence-corrected chi connectivity index (χ2v) is 8.89. The van der Waals surface area contributed by atoms with Gasteiger partial charge in [0.1, 0.15) is 0 Å². The zero-order valence-electron chi connectivity index (χ0n) is 12.3. The van der Waals surface area contributed by atoms with E-state index in [4.69, 9.17) is 11.6 Å². The Hall–Kier alpha value is -0.270. The van der Waals surface area contributed by atoms with E-state index in [1.807, 2.05) is 30.8 Å². The fourth-order valence-corrected chi connectivity index (χ4v) is 5.36. The summed E-state index contributed by atoms with van der Waals surface area (Å²) >= 11 is 7.68. The molecule has 21 heavy (non-hydrogen) atoms. The summed E-state index contributed by atoms with van der Waals surface area (Å²) in [6.07, 6.45) is 0.890. The summed E-state index contributed by atoms with van der Waals surface area (Å²) in [5.74, 6) is 1.85. The van der Waals surface area contributed by atoms with Gasteiger partial charge in [-0.15, -0.1) is 0 Å². The van der Waals surface area contributed by atoms with Gasteiger partial charge < -0.3 is 4.90 Å². The molecule has 0 bridgehead atoms. The predicted octanol–water partition coefficient (Wildman–Crippen LogP) is 2.40. The molecule has 118 valence electrons. The lowest BCUT2D eigenvalue weighted by Crippen LogP contribution is -2.46. The highest BCUT2D eigenvalue weighted by Gasteiger charge is 2.32. The normalized spacial score (nSPS) is 21.4. The summed E-state index contributed by atoms with van der Waals surface area (Å²) in [5.41, 5.74) is 0. The molecule has 1 saturated heterocycles. The van der Waals surface area contributed by atoms with Crippen molar-refractivity contribution in [1.29, 1.82) is 0 Å². The summed E-state index contributed by atoms with van der Waals surface area (Å²) < 4.78 is 27.5. The molecule has 0 spiro atoms. The monoisotopic (exact) mass is 348 g/mol. The van der Waals surface area contributed by atoms with Crippen molar-refractivity contribution in [1.82, 2.24) is 9.21 Å². The molecule has 0 amide bonds. The van der Waals surface area contributed by atoms with E-state index in [9.17, 15) is 8.42 Å².